The first kappa shape index (κ1) is 20.9. The lowest BCUT2D eigenvalue weighted by atomic mass is 9.91. The number of piperidine rings is 1. The van der Waals surface area contributed by atoms with Crippen molar-refractivity contribution in [1.82, 2.24) is 19.8 Å². The van der Waals surface area contributed by atoms with Crippen LogP contribution in [0.25, 0.3) is 23.1 Å². The normalized spacial score (nSPS) is 15.6. The smallest absolute Gasteiger partial charge is 0.189 e. The first-order chi connectivity index (χ1) is 15.5. The molecule has 0 spiro atoms. The van der Waals surface area contributed by atoms with Gasteiger partial charge < -0.3 is 9.64 Å². The van der Waals surface area contributed by atoms with Crippen molar-refractivity contribution in [2.45, 2.75) is 45.4 Å². The summed E-state index contributed by atoms with van der Waals surface area (Å²) < 4.78 is 7.42. The van der Waals surface area contributed by atoms with E-state index in [0.717, 1.165) is 41.0 Å². The van der Waals surface area contributed by atoms with E-state index in [2.05, 4.69) is 54.1 Å². The van der Waals surface area contributed by atoms with Crippen LogP contribution in [0, 0.1) is 0 Å². The Kier molecular flexibility index (Phi) is 5.37. The third-order valence-electron chi connectivity index (χ3n) is 5.96. The number of thiophene rings is 1. The largest absolute Gasteiger partial charge is 0.496 e. The summed E-state index contributed by atoms with van der Waals surface area (Å²) in [6.07, 6.45) is 6.13. The van der Waals surface area contributed by atoms with Crippen LogP contribution in [0.5, 0.6) is 5.75 Å². The van der Waals surface area contributed by atoms with Crippen molar-refractivity contribution in [2.24, 2.45) is 0 Å². The van der Waals surface area contributed by atoms with Crippen molar-refractivity contribution < 1.29 is 4.74 Å². The molecule has 1 saturated heterocycles. The molecule has 6 nitrogen and oxygen atoms in total. The number of nitrogens with zero attached hydrogens (tertiary/aromatic N) is 5. The summed E-state index contributed by atoms with van der Waals surface area (Å²) in [6, 6.07) is 12.3. The number of anilines is 1. The second-order valence-corrected chi connectivity index (χ2v) is 10.4. The second kappa shape index (κ2) is 8.20. The number of benzene rings is 1. The van der Waals surface area contributed by atoms with E-state index >= 15 is 0 Å². The Morgan fingerprint density at radius 1 is 1.00 bits per heavy atom. The second-order valence-electron chi connectivity index (χ2n) is 9.34. The fraction of sp³-hybridized carbons (Fsp3) is 0.400. The molecule has 1 aromatic carbocycles. The van der Waals surface area contributed by atoms with Crippen LogP contribution < -0.4 is 14.9 Å². The van der Waals surface area contributed by atoms with Gasteiger partial charge in [0.05, 0.1) is 23.4 Å². The fourth-order valence-electron chi connectivity index (χ4n) is 4.33. The number of fused-ring (bicyclic) bond motifs is 1. The van der Waals surface area contributed by atoms with Crippen molar-refractivity contribution in [1.29, 1.82) is 0 Å². The molecule has 1 aliphatic rings. The molecule has 32 heavy (non-hydrogen) atoms. The average Bonchev–Trinajstić information content (AvgIpc) is 3.50. The average molecular weight is 448 g/mol. The molecule has 1 fully saturated rings. The quantitative estimate of drug-likeness (QED) is 0.454. The third kappa shape index (κ3) is 3.75. The van der Waals surface area contributed by atoms with Gasteiger partial charge in [0.15, 0.2) is 11.5 Å². The van der Waals surface area contributed by atoms with Gasteiger partial charge in [-0.2, -0.15) is 9.61 Å². The summed E-state index contributed by atoms with van der Waals surface area (Å²) in [5, 5.41) is 16.4. The topological polar surface area (TPSA) is 55.6 Å². The number of rotatable bonds is 4. The van der Waals surface area contributed by atoms with Gasteiger partial charge in [0.1, 0.15) is 5.75 Å². The Labute approximate surface area is 192 Å². The number of hydrogen-bond acceptors (Lipinski definition) is 6. The maximum absolute atomic E-state index is 5.56. The van der Waals surface area contributed by atoms with Crippen molar-refractivity contribution in [3.8, 4) is 17.1 Å². The van der Waals surface area contributed by atoms with Gasteiger partial charge in [-0.3, -0.25) is 0 Å². The Morgan fingerprint density at radius 2 is 1.78 bits per heavy atom. The van der Waals surface area contributed by atoms with Gasteiger partial charge in [-0.15, -0.1) is 21.5 Å². The minimum atomic E-state index is -0.127. The van der Waals surface area contributed by atoms with E-state index in [1.165, 1.54) is 29.1 Å². The lowest BCUT2D eigenvalue weighted by Crippen LogP contribution is -2.28. The molecule has 3 aromatic heterocycles. The van der Waals surface area contributed by atoms with Crippen molar-refractivity contribution in [2.75, 3.05) is 25.1 Å². The molecule has 0 N–H and O–H groups in total. The molecule has 0 unspecified atom stereocenters. The number of methoxy groups -OCH3 is 1. The van der Waals surface area contributed by atoms with E-state index in [-0.39, 0.29) is 5.41 Å². The Balaban J connectivity index is 1.64. The Morgan fingerprint density at radius 3 is 2.53 bits per heavy atom. The lowest BCUT2D eigenvalue weighted by Gasteiger charge is -2.27. The molecule has 5 rings (SSSR count). The first-order valence-corrected chi connectivity index (χ1v) is 12.0. The first-order valence-electron chi connectivity index (χ1n) is 11.2. The number of para-hydroxylation sites is 1. The summed E-state index contributed by atoms with van der Waals surface area (Å²) in [4.78, 5) is 3.72. The molecule has 1 aliphatic heterocycles. The van der Waals surface area contributed by atoms with Crippen LogP contribution in [0.1, 0.15) is 50.6 Å². The molecule has 4 heterocycles. The summed E-state index contributed by atoms with van der Waals surface area (Å²) in [6.45, 7) is 8.88. The minimum Gasteiger partial charge on any atom is -0.496 e. The zero-order valence-corrected chi connectivity index (χ0v) is 19.9. The third-order valence-corrected chi connectivity index (χ3v) is 7.05. The molecular formula is C25H29N5OS. The summed E-state index contributed by atoms with van der Waals surface area (Å²) in [5.74, 6) is 1.46. The molecule has 0 amide bonds. The van der Waals surface area contributed by atoms with Crippen LogP contribution in [0.4, 0.5) is 5.00 Å². The highest BCUT2D eigenvalue weighted by Crippen LogP contribution is 2.31. The molecule has 166 valence electrons. The molecule has 7 heteroatoms. The summed E-state index contributed by atoms with van der Waals surface area (Å²) in [5.41, 5.74) is 2.56. The molecule has 0 radical (unpaired) electrons. The highest BCUT2D eigenvalue weighted by Gasteiger charge is 2.25. The van der Waals surface area contributed by atoms with E-state index in [1.807, 2.05) is 40.1 Å². The number of ether oxygens (including phenoxy) is 1. The Bertz CT molecular complexity index is 1290. The van der Waals surface area contributed by atoms with Gasteiger partial charge in [0, 0.05) is 28.6 Å². The molecular weight excluding hydrogens is 418 g/mol. The lowest BCUT2D eigenvalue weighted by molar-refractivity contribution is 0.416. The summed E-state index contributed by atoms with van der Waals surface area (Å²) >= 11 is 1.84. The van der Waals surface area contributed by atoms with Crippen molar-refractivity contribution in [3.05, 3.63) is 52.2 Å². The summed E-state index contributed by atoms with van der Waals surface area (Å²) in [7, 11) is 1.67. The zero-order valence-electron chi connectivity index (χ0n) is 19.1. The number of hydrogen-bond donors (Lipinski definition) is 0. The van der Waals surface area contributed by atoms with Gasteiger partial charge in [-0.25, -0.2) is 0 Å². The van der Waals surface area contributed by atoms with Crippen molar-refractivity contribution in [3.63, 3.8) is 0 Å². The van der Waals surface area contributed by atoms with Crippen LogP contribution in [-0.4, -0.2) is 40.0 Å². The fourth-order valence-corrected chi connectivity index (χ4v) is 5.33. The van der Waals surface area contributed by atoms with E-state index in [4.69, 9.17) is 9.84 Å². The van der Waals surface area contributed by atoms with Gasteiger partial charge in [-0.05, 0) is 49.6 Å². The molecule has 0 atom stereocenters. The van der Waals surface area contributed by atoms with Gasteiger partial charge in [-0.1, -0.05) is 32.9 Å². The minimum absolute atomic E-state index is 0.127. The molecule has 0 bridgehead atoms. The SMILES string of the molecule is COc1ccccc1-c1nnc2/c(=C\c3ccc(N4CCCCC4)s3)c(C(C)(C)C)nn12. The predicted molar refractivity (Wildman–Crippen MR) is 131 cm³/mol. The van der Waals surface area contributed by atoms with Crippen LogP contribution in [-0.2, 0) is 5.41 Å². The predicted octanol–water partition coefficient (Wildman–Crippen LogP) is 4.70. The molecule has 0 aliphatic carbocycles. The molecule has 0 saturated carbocycles. The zero-order chi connectivity index (χ0) is 22.3. The maximum atomic E-state index is 5.56. The van der Waals surface area contributed by atoms with Crippen LogP contribution in [0.3, 0.4) is 0 Å². The van der Waals surface area contributed by atoms with Crippen LogP contribution in [0.15, 0.2) is 36.4 Å². The number of aromatic nitrogens is 4. The standard InChI is InChI=1S/C25H29N5OS/c1-25(2,3)22-19(16-17-12-13-21(32-17)29-14-8-5-9-15-29)24-27-26-23(30(24)28-22)18-10-6-7-11-20(18)31-4/h6-7,10-13,16H,5,8-9,14-15H2,1-4H3/b19-16-. The Hall–Kier alpha value is -2.93. The highest BCUT2D eigenvalue weighted by molar-refractivity contribution is 7.16. The van der Waals surface area contributed by atoms with Crippen LogP contribution in [0.2, 0.25) is 0 Å². The van der Waals surface area contributed by atoms with Gasteiger partial charge in [0.25, 0.3) is 0 Å². The van der Waals surface area contributed by atoms with Crippen molar-refractivity contribution >= 4 is 28.1 Å². The van der Waals surface area contributed by atoms with E-state index < -0.39 is 0 Å². The molecule has 4 aromatic rings. The van der Waals surface area contributed by atoms with Gasteiger partial charge >= 0.3 is 0 Å². The highest BCUT2D eigenvalue weighted by atomic mass is 32.1. The van der Waals surface area contributed by atoms with E-state index in [1.54, 1.807) is 7.11 Å². The van der Waals surface area contributed by atoms with E-state index in [0.29, 0.717) is 5.82 Å². The van der Waals surface area contributed by atoms with Crippen LogP contribution >= 0.6 is 11.3 Å². The monoisotopic (exact) mass is 447 g/mol. The van der Waals surface area contributed by atoms with E-state index in [9.17, 15) is 0 Å². The van der Waals surface area contributed by atoms with Gasteiger partial charge in [0.2, 0.25) is 0 Å². The maximum Gasteiger partial charge on any atom is 0.189 e.